The number of piperazine rings is 1. The highest BCUT2D eigenvalue weighted by Crippen LogP contribution is 2.19. The van der Waals surface area contributed by atoms with Gasteiger partial charge in [0.05, 0.1) is 31.1 Å². The van der Waals surface area contributed by atoms with Gasteiger partial charge in [0.25, 0.3) is 5.91 Å². The van der Waals surface area contributed by atoms with Gasteiger partial charge in [0.15, 0.2) is 16.4 Å². The lowest BCUT2D eigenvalue weighted by molar-refractivity contribution is -0.892. The maximum absolute atomic E-state index is 12.4. The average molecular weight is 389 g/mol. The molecule has 0 saturated carbocycles. The van der Waals surface area contributed by atoms with E-state index < -0.39 is 9.84 Å². The maximum Gasteiger partial charge on any atom is 0.279 e. The molecule has 1 aliphatic rings. The molecule has 144 valence electrons. The standard InChI is InChI=1S/C20H25N3O3S/c1-16-6-3-4-9-19(16)23-12-10-22(11-13-23)15-20(24)21-17-7-5-8-18(14-17)27(2,25)26/h3-9,14H,10-13,15H2,1-2H3,(H,21,24)/p+1. The first-order valence-electron chi connectivity index (χ1n) is 9.07. The van der Waals surface area contributed by atoms with E-state index in [0.717, 1.165) is 32.4 Å². The third-order valence-electron chi connectivity index (χ3n) is 4.88. The second-order valence-electron chi connectivity index (χ2n) is 7.05. The molecule has 1 aliphatic heterocycles. The van der Waals surface area contributed by atoms with Crippen molar-refractivity contribution >= 4 is 27.1 Å². The highest BCUT2D eigenvalue weighted by molar-refractivity contribution is 7.90. The summed E-state index contributed by atoms with van der Waals surface area (Å²) in [5.74, 6) is -0.0972. The van der Waals surface area contributed by atoms with Gasteiger partial charge in [0.1, 0.15) is 0 Å². The van der Waals surface area contributed by atoms with Crippen molar-refractivity contribution in [2.24, 2.45) is 0 Å². The SMILES string of the molecule is Cc1ccccc1N1CC[NH+](CC(=O)Nc2cccc(S(C)(=O)=O)c2)CC1. The Balaban J connectivity index is 1.54. The Morgan fingerprint density at radius 1 is 1.11 bits per heavy atom. The van der Waals surface area contributed by atoms with Gasteiger partial charge in [-0.3, -0.25) is 4.79 Å². The summed E-state index contributed by atoms with van der Waals surface area (Å²) in [6, 6.07) is 14.7. The molecule has 3 rings (SSSR count). The van der Waals surface area contributed by atoms with E-state index in [0.29, 0.717) is 12.2 Å². The molecular weight excluding hydrogens is 362 g/mol. The van der Waals surface area contributed by atoms with Gasteiger partial charge in [0, 0.05) is 17.6 Å². The largest absolute Gasteiger partial charge is 0.360 e. The molecule has 0 spiro atoms. The van der Waals surface area contributed by atoms with Crippen LogP contribution in [-0.4, -0.2) is 53.3 Å². The van der Waals surface area contributed by atoms with E-state index in [1.807, 2.05) is 6.07 Å². The first-order valence-corrected chi connectivity index (χ1v) is 11.0. The topological polar surface area (TPSA) is 70.9 Å². The number of hydrogen-bond acceptors (Lipinski definition) is 4. The molecule has 0 aromatic heterocycles. The minimum absolute atomic E-state index is 0.0972. The Morgan fingerprint density at radius 2 is 1.81 bits per heavy atom. The van der Waals surface area contributed by atoms with Crippen LogP contribution < -0.4 is 15.1 Å². The molecule has 6 nitrogen and oxygen atoms in total. The molecular formula is C20H26N3O3S+. The van der Waals surface area contributed by atoms with Crippen LogP contribution in [0.25, 0.3) is 0 Å². The third-order valence-corrected chi connectivity index (χ3v) is 5.99. The fourth-order valence-corrected chi connectivity index (χ4v) is 4.06. The number of anilines is 2. The number of rotatable bonds is 5. The van der Waals surface area contributed by atoms with Crippen LogP contribution in [0, 0.1) is 6.92 Å². The summed E-state index contributed by atoms with van der Waals surface area (Å²) in [6.07, 6.45) is 1.16. The van der Waals surface area contributed by atoms with Crippen molar-refractivity contribution in [3.8, 4) is 0 Å². The monoisotopic (exact) mass is 388 g/mol. The van der Waals surface area contributed by atoms with E-state index in [4.69, 9.17) is 0 Å². The zero-order chi connectivity index (χ0) is 19.4. The fraction of sp³-hybridized carbons (Fsp3) is 0.350. The second-order valence-corrected chi connectivity index (χ2v) is 9.06. The first kappa shape index (κ1) is 19.4. The molecule has 1 heterocycles. The number of carbonyl (C=O) groups excluding carboxylic acids is 1. The molecule has 1 fully saturated rings. The van der Waals surface area contributed by atoms with Gasteiger partial charge in [-0.2, -0.15) is 0 Å². The van der Waals surface area contributed by atoms with Crippen LogP contribution in [-0.2, 0) is 14.6 Å². The molecule has 2 N–H and O–H groups in total. The van der Waals surface area contributed by atoms with E-state index in [-0.39, 0.29) is 10.8 Å². The van der Waals surface area contributed by atoms with Crippen LogP contribution >= 0.6 is 0 Å². The number of nitrogens with one attached hydrogen (secondary N) is 2. The number of para-hydroxylation sites is 1. The van der Waals surface area contributed by atoms with Gasteiger partial charge in [-0.1, -0.05) is 24.3 Å². The van der Waals surface area contributed by atoms with Crippen molar-refractivity contribution in [1.82, 2.24) is 0 Å². The Kier molecular flexibility index (Phi) is 5.82. The van der Waals surface area contributed by atoms with Crippen LogP contribution in [0.1, 0.15) is 5.56 Å². The third kappa shape index (κ3) is 5.08. The molecule has 0 bridgehead atoms. The number of nitrogens with zero attached hydrogens (tertiary/aromatic N) is 1. The second kappa shape index (κ2) is 8.10. The number of hydrogen-bond donors (Lipinski definition) is 2. The van der Waals surface area contributed by atoms with Crippen molar-refractivity contribution in [2.75, 3.05) is 49.2 Å². The molecule has 1 amide bonds. The number of amides is 1. The molecule has 2 aromatic rings. The summed E-state index contributed by atoms with van der Waals surface area (Å²) in [5.41, 5.74) is 3.05. The molecule has 7 heteroatoms. The Bertz CT molecular complexity index is 920. The zero-order valence-electron chi connectivity index (χ0n) is 15.7. The lowest BCUT2D eigenvalue weighted by Crippen LogP contribution is -3.15. The van der Waals surface area contributed by atoms with Crippen molar-refractivity contribution in [3.05, 3.63) is 54.1 Å². The zero-order valence-corrected chi connectivity index (χ0v) is 16.6. The maximum atomic E-state index is 12.4. The van der Waals surface area contributed by atoms with Crippen molar-refractivity contribution in [1.29, 1.82) is 0 Å². The predicted molar refractivity (Wildman–Crippen MR) is 107 cm³/mol. The summed E-state index contributed by atoms with van der Waals surface area (Å²) in [7, 11) is -3.29. The number of aryl methyl sites for hydroxylation is 1. The molecule has 1 saturated heterocycles. The Labute approximate surface area is 160 Å². The summed E-state index contributed by atoms with van der Waals surface area (Å²) in [5, 5.41) is 2.82. The van der Waals surface area contributed by atoms with Crippen LogP contribution in [0.3, 0.4) is 0 Å². The van der Waals surface area contributed by atoms with Crippen molar-refractivity contribution in [3.63, 3.8) is 0 Å². The quantitative estimate of drug-likeness (QED) is 0.793. The van der Waals surface area contributed by atoms with E-state index >= 15 is 0 Å². The normalized spacial score (nSPS) is 15.6. The lowest BCUT2D eigenvalue weighted by Gasteiger charge is -2.34. The molecule has 2 aromatic carbocycles. The highest BCUT2D eigenvalue weighted by atomic mass is 32.2. The Morgan fingerprint density at radius 3 is 2.48 bits per heavy atom. The fourth-order valence-electron chi connectivity index (χ4n) is 3.40. The number of benzene rings is 2. The summed E-state index contributed by atoms with van der Waals surface area (Å²) in [4.78, 5) is 16.2. The van der Waals surface area contributed by atoms with Crippen molar-refractivity contribution < 1.29 is 18.1 Å². The lowest BCUT2D eigenvalue weighted by atomic mass is 10.1. The number of sulfone groups is 1. The number of carbonyl (C=O) groups is 1. The van der Waals surface area contributed by atoms with Crippen LogP contribution in [0.15, 0.2) is 53.4 Å². The van der Waals surface area contributed by atoms with Gasteiger partial charge in [-0.15, -0.1) is 0 Å². The highest BCUT2D eigenvalue weighted by Gasteiger charge is 2.23. The predicted octanol–water partition coefficient (Wildman–Crippen LogP) is 0.742. The van der Waals surface area contributed by atoms with Gasteiger partial charge in [0.2, 0.25) is 0 Å². The molecule has 0 unspecified atom stereocenters. The first-order chi connectivity index (χ1) is 12.8. The van der Waals surface area contributed by atoms with E-state index in [1.165, 1.54) is 28.3 Å². The van der Waals surface area contributed by atoms with Gasteiger partial charge in [-0.05, 0) is 36.8 Å². The molecule has 0 aliphatic carbocycles. The molecule has 0 radical (unpaired) electrons. The minimum atomic E-state index is -3.29. The van der Waals surface area contributed by atoms with Crippen LogP contribution in [0.2, 0.25) is 0 Å². The average Bonchev–Trinajstić information content (AvgIpc) is 2.62. The van der Waals surface area contributed by atoms with E-state index in [1.54, 1.807) is 12.1 Å². The Hall–Kier alpha value is -2.38. The van der Waals surface area contributed by atoms with Gasteiger partial charge < -0.3 is 15.1 Å². The van der Waals surface area contributed by atoms with Crippen molar-refractivity contribution in [2.45, 2.75) is 11.8 Å². The summed E-state index contributed by atoms with van der Waals surface area (Å²) < 4.78 is 23.3. The molecule has 0 atom stereocenters. The van der Waals surface area contributed by atoms with E-state index in [2.05, 4.69) is 35.3 Å². The summed E-state index contributed by atoms with van der Waals surface area (Å²) >= 11 is 0. The van der Waals surface area contributed by atoms with Gasteiger partial charge >= 0.3 is 0 Å². The number of quaternary nitrogens is 1. The molecule has 27 heavy (non-hydrogen) atoms. The van der Waals surface area contributed by atoms with Gasteiger partial charge in [-0.25, -0.2) is 8.42 Å². The van der Waals surface area contributed by atoms with Crippen LogP contribution in [0.5, 0.6) is 0 Å². The summed E-state index contributed by atoms with van der Waals surface area (Å²) in [6.45, 7) is 6.11. The smallest absolute Gasteiger partial charge is 0.279 e. The van der Waals surface area contributed by atoms with Crippen LogP contribution in [0.4, 0.5) is 11.4 Å². The van der Waals surface area contributed by atoms with E-state index in [9.17, 15) is 13.2 Å². The minimum Gasteiger partial charge on any atom is -0.360 e.